The van der Waals surface area contributed by atoms with E-state index in [9.17, 15) is 9.90 Å². The molecule has 1 saturated heterocycles. The topological polar surface area (TPSA) is 40.5 Å². The van der Waals surface area contributed by atoms with Gasteiger partial charge in [-0.15, -0.1) is 0 Å². The molecule has 0 aliphatic carbocycles. The highest BCUT2D eigenvalue weighted by Gasteiger charge is 2.27. The molecule has 1 N–H and O–H groups in total. The first-order valence-electron chi connectivity index (χ1n) is 6.36. The minimum atomic E-state index is -0.320. The second kappa shape index (κ2) is 6.23. The molecular formula is C14H17Cl2NO2. The summed E-state index contributed by atoms with van der Waals surface area (Å²) in [6.45, 7) is 3.73. The highest BCUT2D eigenvalue weighted by Crippen LogP contribution is 2.23. The molecule has 0 bridgehead atoms. The normalized spacial score (nSPS) is 21.6. The van der Waals surface area contributed by atoms with Gasteiger partial charge >= 0.3 is 0 Å². The minimum Gasteiger partial charge on any atom is -0.393 e. The highest BCUT2D eigenvalue weighted by atomic mass is 35.5. The summed E-state index contributed by atoms with van der Waals surface area (Å²) in [6.07, 6.45) is 0.610. The van der Waals surface area contributed by atoms with Crippen LogP contribution in [-0.4, -0.2) is 41.5 Å². The number of rotatable bonds is 4. The van der Waals surface area contributed by atoms with Gasteiger partial charge < -0.3 is 5.11 Å². The summed E-state index contributed by atoms with van der Waals surface area (Å²) >= 11 is 11.8. The maximum absolute atomic E-state index is 12.2. The summed E-state index contributed by atoms with van der Waals surface area (Å²) in [5.74, 6) is 0.251. The number of aliphatic hydroxyl groups excluding tert-OH is 1. The number of benzene rings is 1. The second-order valence-corrected chi connectivity index (χ2v) is 5.92. The molecule has 0 spiro atoms. The summed E-state index contributed by atoms with van der Waals surface area (Å²) in [5.41, 5.74) is 0.506. The molecular weight excluding hydrogens is 285 g/mol. The molecule has 1 aliphatic heterocycles. The van der Waals surface area contributed by atoms with E-state index in [2.05, 4.69) is 4.90 Å². The van der Waals surface area contributed by atoms with E-state index in [1.54, 1.807) is 25.1 Å². The first-order valence-corrected chi connectivity index (χ1v) is 7.11. The van der Waals surface area contributed by atoms with E-state index in [1.165, 1.54) is 0 Å². The molecule has 3 nitrogen and oxygen atoms in total. The van der Waals surface area contributed by atoms with Gasteiger partial charge in [-0.1, -0.05) is 23.2 Å². The van der Waals surface area contributed by atoms with Crippen LogP contribution in [-0.2, 0) is 0 Å². The van der Waals surface area contributed by atoms with Crippen molar-refractivity contribution in [2.45, 2.75) is 19.4 Å². The Morgan fingerprint density at radius 2 is 2.26 bits per heavy atom. The molecule has 1 aromatic rings. The number of ketones is 1. The van der Waals surface area contributed by atoms with E-state index in [-0.39, 0.29) is 17.8 Å². The number of halogens is 2. The average molecular weight is 302 g/mol. The van der Waals surface area contributed by atoms with E-state index in [1.807, 2.05) is 0 Å². The van der Waals surface area contributed by atoms with Crippen LogP contribution in [0.4, 0.5) is 0 Å². The zero-order valence-electron chi connectivity index (χ0n) is 10.8. The van der Waals surface area contributed by atoms with Crippen molar-refractivity contribution in [1.29, 1.82) is 0 Å². The number of hydrogen-bond donors (Lipinski definition) is 1. The van der Waals surface area contributed by atoms with Crippen molar-refractivity contribution in [1.82, 2.24) is 4.90 Å². The van der Waals surface area contributed by atoms with Crippen molar-refractivity contribution < 1.29 is 9.90 Å². The number of hydrogen-bond acceptors (Lipinski definition) is 3. The second-order valence-electron chi connectivity index (χ2n) is 5.07. The largest absolute Gasteiger partial charge is 0.393 e. The molecule has 0 radical (unpaired) electrons. The SMILES string of the molecule is CC(O)C1CCN(CC(=O)c2ccc(Cl)cc2Cl)C1. The lowest BCUT2D eigenvalue weighted by atomic mass is 10.0. The fourth-order valence-electron chi connectivity index (χ4n) is 2.40. The van der Waals surface area contributed by atoms with Gasteiger partial charge in [-0.25, -0.2) is 0 Å². The number of Topliss-reactive ketones (excluding diaryl/α,β-unsaturated/α-hetero) is 1. The van der Waals surface area contributed by atoms with E-state index in [0.717, 1.165) is 19.5 Å². The molecule has 19 heavy (non-hydrogen) atoms. The van der Waals surface area contributed by atoms with Crippen LogP contribution in [0.3, 0.4) is 0 Å². The van der Waals surface area contributed by atoms with E-state index in [4.69, 9.17) is 23.2 Å². The van der Waals surface area contributed by atoms with Crippen LogP contribution in [0.2, 0.25) is 10.0 Å². The summed E-state index contributed by atoms with van der Waals surface area (Å²) < 4.78 is 0. The summed E-state index contributed by atoms with van der Waals surface area (Å²) in [7, 11) is 0. The summed E-state index contributed by atoms with van der Waals surface area (Å²) in [5, 5.41) is 10.5. The third kappa shape index (κ3) is 3.69. The van der Waals surface area contributed by atoms with Crippen molar-refractivity contribution in [3.05, 3.63) is 33.8 Å². The molecule has 1 fully saturated rings. The highest BCUT2D eigenvalue weighted by molar-refractivity contribution is 6.36. The molecule has 2 rings (SSSR count). The number of carbonyl (C=O) groups excluding carboxylic acids is 1. The summed E-state index contributed by atoms with van der Waals surface area (Å²) in [4.78, 5) is 14.2. The van der Waals surface area contributed by atoms with Crippen LogP contribution in [0, 0.1) is 5.92 Å². The smallest absolute Gasteiger partial charge is 0.178 e. The van der Waals surface area contributed by atoms with Crippen LogP contribution in [0.15, 0.2) is 18.2 Å². The van der Waals surface area contributed by atoms with Crippen LogP contribution >= 0.6 is 23.2 Å². The molecule has 104 valence electrons. The van der Waals surface area contributed by atoms with Crippen LogP contribution in [0.5, 0.6) is 0 Å². The van der Waals surface area contributed by atoms with Crippen LogP contribution < -0.4 is 0 Å². The molecule has 1 aromatic carbocycles. The zero-order chi connectivity index (χ0) is 14.0. The first-order chi connectivity index (χ1) is 8.97. The molecule has 2 unspecified atom stereocenters. The quantitative estimate of drug-likeness (QED) is 0.870. The number of likely N-dealkylation sites (tertiary alicyclic amines) is 1. The van der Waals surface area contributed by atoms with Gasteiger partial charge in [0.1, 0.15) is 0 Å². The lowest BCUT2D eigenvalue weighted by Gasteiger charge is -2.16. The third-order valence-corrected chi connectivity index (χ3v) is 4.14. The first kappa shape index (κ1) is 14.8. The molecule has 1 heterocycles. The third-order valence-electron chi connectivity index (χ3n) is 3.59. The Balaban J connectivity index is 1.98. The predicted molar refractivity (Wildman–Crippen MR) is 77.0 cm³/mol. The number of carbonyl (C=O) groups is 1. The lowest BCUT2D eigenvalue weighted by molar-refractivity contribution is 0.0926. The molecule has 5 heteroatoms. The summed E-state index contributed by atoms with van der Waals surface area (Å²) in [6, 6.07) is 4.91. The van der Waals surface area contributed by atoms with E-state index >= 15 is 0 Å². The van der Waals surface area contributed by atoms with Gasteiger partial charge in [0.15, 0.2) is 5.78 Å². The van der Waals surface area contributed by atoms with Gasteiger partial charge in [-0.3, -0.25) is 9.69 Å². The van der Waals surface area contributed by atoms with Gasteiger partial charge in [-0.05, 0) is 44.0 Å². The number of aliphatic hydroxyl groups is 1. The Morgan fingerprint density at radius 1 is 1.53 bits per heavy atom. The lowest BCUT2D eigenvalue weighted by Crippen LogP contribution is -2.29. The maximum Gasteiger partial charge on any atom is 0.178 e. The Morgan fingerprint density at radius 3 is 2.84 bits per heavy atom. The monoisotopic (exact) mass is 301 g/mol. The van der Waals surface area contributed by atoms with Crippen molar-refractivity contribution in [3.63, 3.8) is 0 Å². The van der Waals surface area contributed by atoms with Crippen molar-refractivity contribution in [2.75, 3.05) is 19.6 Å². The fraction of sp³-hybridized carbons (Fsp3) is 0.500. The molecule has 1 aliphatic rings. The molecule has 0 saturated carbocycles. The Bertz CT molecular complexity index is 477. The zero-order valence-corrected chi connectivity index (χ0v) is 12.3. The maximum atomic E-state index is 12.2. The Hall–Kier alpha value is -0.610. The fourth-order valence-corrected chi connectivity index (χ4v) is 2.92. The van der Waals surface area contributed by atoms with Crippen LogP contribution in [0.1, 0.15) is 23.7 Å². The predicted octanol–water partition coefficient (Wildman–Crippen LogP) is 2.88. The Kier molecular flexibility index (Phi) is 4.85. The van der Waals surface area contributed by atoms with E-state index < -0.39 is 0 Å². The van der Waals surface area contributed by atoms with Gasteiger partial charge in [0.25, 0.3) is 0 Å². The van der Waals surface area contributed by atoms with Crippen molar-refractivity contribution >= 4 is 29.0 Å². The number of nitrogens with zero attached hydrogens (tertiary/aromatic N) is 1. The molecule has 0 aromatic heterocycles. The average Bonchev–Trinajstić information content (AvgIpc) is 2.77. The molecule has 2 atom stereocenters. The van der Waals surface area contributed by atoms with Gasteiger partial charge in [0.2, 0.25) is 0 Å². The van der Waals surface area contributed by atoms with Crippen molar-refractivity contribution in [3.8, 4) is 0 Å². The van der Waals surface area contributed by atoms with Crippen LogP contribution in [0.25, 0.3) is 0 Å². The Labute approximate surface area is 123 Å². The van der Waals surface area contributed by atoms with Crippen molar-refractivity contribution in [2.24, 2.45) is 5.92 Å². The van der Waals surface area contributed by atoms with E-state index in [0.29, 0.717) is 22.2 Å². The molecule has 0 amide bonds. The van der Waals surface area contributed by atoms with Gasteiger partial charge in [0, 0.05) is 17.1 Å². The minimum absolute atomic E-state index is 0.00657. The standard InChI is InChI=1S/C14H17Cl2NO2/c1-9(18)10-4-5-17(7-10)8-14(19)12-3-2-11(15)6-13(12)16/h2-3,6,9-10,18H,4-5,7-8H2,1H3. The van der Waals surface area contributed by atoms with Gasteiger partial charge in [0.05, 0.1) is 17.7 Å². The van der Waals surface area contributed by atoms with Gasteiger partial charge in [-0.2, -0.15) is 0 Å².